The number of hydrogen-bond acceptors (Lipinski definition) is 8. The second-order valence-electron chi connectivity index (χ2n) is 12.7. The van der Waals surface area contributed by atoms with Crippen molar-refractivity contribution in [1.82, 2.24) is 19.5 Å². The van der Waals surface area contributed by atoms with Crippen LogP contribution in [0.2, 0.25) is 5.02 Å². The fourth-order valence-electron chi connectivity index (χ4n) is 6.57. The van der Waals surface area contributed by atoms with Crippen LogP contribution in [0.1, 0.15) is 52.3 Å². The Morgan fingerprint density at radius 3 is 2.57 bits per heavy atom. The third-order valence-corrected chi connectivity index (χ3v) is 9.03. The minimum atomic E-state index is -0.788. The molecule has 238 valence electrons. The number of primary amides is 1. The normalized spacial score (nSPS) is 17.6. The zero-order valence-corrected chi connectivity index (χ0v) is 26.8. The van der Waals surface area contributed by atoms with Crippen molar-refractivity contribution in [3.8, 4) is 5.69 Å². The van der Waals surface area contributed by atoms with E-state index in [0.29, 0.717) is 63.4 Å². The smallest absolute Gasteiger partial charge is 0.404 e. The highest BCUT2D eigenvalue weighted by Gasteiger charge is 2.39. The summed E-state index contributed by atoms with van der Waals surface area (Å²) in [5.41, 5.74) is 6.97. The quantitative estimate of drug-likeness (QED) is 0.207. The molecule has 46 heavy (non-hydrogen) atoms. The number of fused-ring (bicyclic) bond motifs is 2. The summed E-state index contributed by atoms with van der Waals surface area (Å²) in [6, 6.07) is 15.8. The van der Waals surface area contributed by atoms with Crippen LogP contribution in [-0.4, -0.2) is 44.3 Å². The van der Waals surface area contributed by atoms with Crippen LogP contribution in [-0.2, 0) is 4.74 Å². The number of nitrogens with one attached hydrogen (secondary N) is 2. The fourth-order valence-corrected chi connectivity index (χ4v) is 6.97. The van der Waals surface area contributed by atoms with Gasteiger partial charge in [0.05, 0.1) is 27.8 Å². The summed E-state index contributed by atoms with van der Waals surface area (Å²) < 4.78 is 7.05. The van der Waals surface area contributed by atoms with Gasteiger partial charge in [-0.2, -0.15) is 0 Å². The molecule has 0 radical (unpaired) electrons. The monoisotopic (exact) mass is 641 g/mol. The minimum absolute atomic E-state index is 0.0658. The number of piperidine rings is 1. The first-order chi connectivity index (χ1) is 22.0. The third kappa shape index (κ3) is 5.66. The SMILES string of the molecule is CC(Nc1ncnc2[nH]ccc(=O)c12)c1c(Cl)c2cccc(N3CCC(OC(N)=O)C[C@H]3C(C)(C)C)c2c(=O)n1-c1ccccc1. The van der Waals surface area contributed by atoms with Crippen LogP contribution < -0.4 is 26.9 Å². The van der Waals surface area contributed by atoms with Gasteiger partial charge in [-0.3, -0.25) is 14.2 Å². The maximum absolute atomic E-state index is 14.8. The molecule has 12 heteroatoms. The van der Waals surface area contributed by atoms with Gasteiger partial charge in [0.25, 0.3) is 5.56 Å². The van der Waals surface area contributed by atoms with Crippen molar-refractivity contribution in [3.63, 3.8) is 0 Å². The van der Waals surface area contributed by atoms with Gasteiger partial charge in [-0.15, -0.1) is 0 Å². The Bertz CT molecular complexity index is 2050. The number of rotatable bonds is 6. The summed E-state index contributed by atoms with van der Waals surface area (Å²) in [6.45, 7) is 8.82. The molecule has 0 spiro atoms. The summed E-state index contributed by atoms with van der Waals surface area (Å²) in [5.74, 6) is 0.324. The highest BCUT2D eigenvalue weighted by Crippen LogP contribution is 2.41. The summed E-state index contributed by atoms with van der Waals surface area (Å²) in [7, 11) is 0. The number of nitrogens with zero attached hydrogens (tertiary/aromatic N) is 4. The molecule has 1 amide bonds. The van der Waals surface area contributed by atoms with Gasteiger partial charge in [-0.05, 0) is 30.5 Å². The first-order valence-corrected chi connectivity index (χ1v) is 15.6. The number of aromatic amines is 1. The molecule has 4 heterocycles. The standard InChI is InChI=1S/C34H36ClN7O4/c1-19(40-31-27-24(43)13-15-37-30(27)38-18-39-31)29-28(35)22-11-8-12-23(26(22)32(44)42(29)20-9-6-5-7-10-20)41-16-14-21(46-33(36)45)17-25(41)34(2,3)4/h5-13,15,18-19,21,25H,14,16-17H2,1-4H3,(H2,36,45)(H2,37,38,39,40,43)/t19?,21?,25-/m0/s1. The lowest BCUT2D eigenvalue weighted by atomic mass is 9.79. The molecule has 11 nitrogen and oxygen atoms in total. The highest BCUT2D eigenvalue weighted by atomic mass is 35.5. The van der Waals surface area contributed by atoms with E-state index in [4.69, 9.17) is 22.1 Å². The predicted octanol–water partition coefficient (Wildman–Crippen LogP) is 5.93. The zero-order valence-electron chi connectivity index (χ0n) is 26.1. The van der Waals surface area contributed by atoms with Crippen molar-refractivity contribution in [2.24, 2.45) is 11.1 Å². The molecule has 3 atom stereocenters. The number of halogens is 1. The number of carbonyl (C=O) groups excluding carboxylic acids is 1. The predicted molar refractivity (Wildman–Crippen MR) is 181 cm³/mol. The molecule has 3 aromatic heterocycles. The number of carbonyl (C=O) groups is 1. The van der Waals surface area contributed by atoms with Crippen LogP contribution in [0.15, 0.2) is 76.7 Å². The summed E-state index contributed by atoms with van der Waals surface area (Å²) in [4.78, 5) is 53.0. The maximum atomic E-state index is 14.8. The molecule has 4 N–H and O–H groups in total. The van der Waals surface area contributed by atoms with Crippen molar-refractivity contribution < 1.29 is 9.53 Å². The van der Waals surface area contributed by atoms with Gasteiger partial charge in [-0.25, -0.2) is 14.8 Å². The Morgan fingerprint density at radius 1 is 1.09 bits per heavy atom. The minimum Gasteiger partial charge on any atom is -0.446 e. The molecule has 1 saturated heterocycles. The summed E-state index contributed by atoms with van der Waals surface area (Å²) in [6.07, 6.45) is 2.93. The van der Waals surface area contributed by atoms with Crippen molar-refractivity contribution in [2.45, 2.75) is 58.7 Å². The van der Waals surface area contributed by atoms with E-state index in [1.165, 1.54) is 18.6 Å². The summed E-state index contributed by atoms with van der Waals surface area (Å²) >= 11 is 7.31. The third-order valence-electron chi connectivity index (χ3n) is 8.63. The number of hydrogen-bond donors (Lipinski definition) is 3. The number of pyridine rings is 2. The van der Waals surface area contributed by atoms with Gasteiger partial charge >= 0.3 is 6.09 Å². The van der Waals surface area contributed by atoms with Crippen molar-refractivity contribution >= 4 is 51.0 Å². The maximum Gasteiger partial charge on any atom is 0.404 e. The number of aromatic nitrogens is 4. The molecule has 0 aliphatic carbocycles. The van der Waals surface area contributed by atoms with Gasteiger partial charge in [0.1, 0.15) is 29.3 Å². The van der Waals surface area contributed by atoms with Crippen molar-refractivity contribution in [1.29, 1.82) is 0 Å². The molecule has 0 saturated carbocycles. The largest absolute Gasteiger partial charge is 0.446 e. The Morgan fingerprint density at radius 2 is 1.85 bits per heavy atom. The Balaban J connectivity index is 1.54. The molecule has 2 aromatic carbocycles. The second-order valence-corrected chi connectivity index (χ2v) is 13.1. The average Bonchev–Trinajstić information content (AvgIpc) is 3.02. The second kappa shape index (κ2) is 12.1. The highest BCUT2D eigenvalue weighted by molar-refractivity contribution is 6.36. The first kappa shape index (κ1) is 31.1. The van der Waals surface area contributed by atoms with Gasteiger partial charge in [-0.1, -0.05) is 62.7 Å². The van der Waals surface area contributed by atoms with Crippen LogP contribution in [0.25, 0.3) is 27.5 Å². The van der Waals surface area contributed by atoms with Crippen LogP contribution in [0.4, 0.5) is 16.3 Å². The van der Waals surface area contributed by atoms with E-state index in [-0.39, 0.29) is 28.5 Å². The molecule has 6 rings (SSSR count). The molecule has 1 aliphatic heterocycles. The van der Waals surface area contributed by atoms with Crippen molar-refractivity contribution in [2.75, 3.05) is 16.8 Å². The lowest BCUT2D eigenvalue weighted by molar-refractivity contribution is 0.0671. The molecular weight excluding hydrogens is 606 g/mol. The van der Waals surface area contributed by atoms with Crippen molar-refractivity contribution in [3.05, 3.63) is 98.4 Å². The Kier molecular flexibility index (Phi) is 8.20. The van der Waals surface area contributed by atoms with Gasteiger partial charge in [0.15, 0.2) is 5.43 Å². The zero-order chi connectivity index (χ0) is 32.7. The van der Waals surface area contributed by atoms with Gasteiger partial charge in [0, 0.05) is 48.8 Å². The van der Waals surface area contributed by atoms with Crippen LogP contribution >= 0.6 is 11.6 Å². The van der Waals surface area contributed by atoms with E-state index in [9.17, 15) is 14.4 Å². The molecular formula is C34H36ClN7O4. The number of anilines is 2. The molecule has 2 unspecified atom stereocenters. The van der Waals surface area contributed by atoms with E-state index in [2.05, 4.69) is 45.9 Å². The number of para-hydroxylation sites is 1. The molecule has 1 fully saturated rings. The number of H-pyrrole nitrogens is 1. The van der Waals surface area contributed by atoms with E-state index >= 15 is 0 Å². The summed E-state index contributed by atoms with van der Waals surface area (Å²) in [5, 5.41) is 5.13. The molecule has 5 aromatic rings. The fraction of sp³-hybridized carbons (Fsp3) is 0.324. The number of nitrogens with two attached hydrogens (primary N) is 1. The average molecular weight is 642 g/mol. The van der Waals surface area contributed by atoms with E-state index in [0.717, 1.165) is 5.69 Å². The van der Waals surface area contributed by atoms with E-state index in [1.807, 2.05) is 55.5 Å². The van der Waals surface area contributed by atoms with E-state index < -0.39 is 12.1 Å². The van der Waals surface area contributed by atoms with Gasteiger partial charge in [0.2, 0.25) is 0 Å². The number of benzene rings is 2. The van der Waals surface area contributed by atoms with Crippen LogP contribution in [0.5, 0.6) is 0 Å². The molecule has 0 bridgehead atoms. The lowest BCUT2D eigenvalue weighted by Gasteiger charge is -2.47. The lowest BCUT2D eigenvalue weighted by Crippen LogP contribution is -2.52. The number of ether oxygens (including phenoxy) is 1. The van der Waals surface area contributed by atoms with Gasteiger partial charge < -0.3 is 25.7 Å². The van der Waals surface area contributed by atoms with E-state index in [1.54, 1.807) is 4.57 Å². The number of amides is 1. The first-order valence-electron chi connectivity index (χ1n) is 15.2. The Labute approximate surface area is 270 Å². The van der Waals surface area contributed by atoms with Crippen LogP contribution in [0.3, 0.4) is 0 Å². The molecule has 1 aliphatic rings. The van der Waals surface area contributed by atoms with Crippen LogP contribution in [0, 0.1) is 5.41 Å². The topological polar surface area (TPSA) is 148 Å². The Hall–Kier alpha value is -4.90.